The Morgan fingerprint density at radius 2 is 2.06 bits per heavy atom. The van der Waals surface area contributed by atoms with Crippen molar-refractivity contribution < 1.29 is 0 Å². The van der Waals surface area contributed by atoms with Gasteiger partial charge < -0.3 is 5.73 Å². The molecule has 1 aromatic heterocycles. The molecule has 0 unspecified atom stereocenters. The van der Waals surface area contributed by atoms with Gasteiger partial charge in [0, 0.05) is 31.0 Å². The van der Waals surface area contributed by atoms with Crippen LogP contribution in [0.15, 0.2) is 24.5 Å². The van der Waals surface area contributed by atoms with Crippen LogP contribution < -0.4 is 5.73 Å². The molecule has 0 saturated heterocycles. The summed E-state index contributed by atoms with van der Waals surface area (Å²) < 4.78 is 0. The second-order valence-corrected chi connectivity index (χ2v) is 4.87. The highest BCUT2D eigenvalue weighted by Gasteiger charge is 2.33. The molecule has 0 aliphatic heterocycles. The monoisotopic (exact) mass is 219 g/mol. The molecule has 88 valence electrons. The largest absolute Gasteiger partial charge is 0.324 e. The summed E-state index contributed by atoms with van der Waals surface area (Å²) in [5.41, 5.74) is 7.68. The quantitative estimate of drug-likeness (QED) is 0.821. The van der Waals surface area contributed by atoms with Crippen LogP contribution in [0, 0.1) is 0 Å². The van der Waals surface area contributed by atoms with E-state index in [0.29, 0.717) is 0 Å². The Morgan fingerprint density at radius 1 is 1.38 bits per heavy atom. The van der Waals surface area contributed by atoms with Crippen LogP contribution in [0.4, 0.5) is 0 Å². The molecule has 0 spiro atoms. The van der Waals surface area contributed by atoms with Crippen molar-refractivity contribution in [2.24, 2.45) is 5.73 Å². The molecule has 1 heterocycles. The van der Waals surface area contributed by atoms with Crippen molar-refractivity contribution in [1.82, 2.24) is 9.88 Å². The van der Waals surface area contributed by atoms with Gasteiger partial charge in [-0.2, -0.15) is 0 Å². The van der Waals surface area contributed by atoms with Crippen LogP contribution >= 0.6 is 0 Å². The molecule has 1 fully saturated rings. The first-order chi connectivity index (χ1) is 7.72. The molecule has 0 aromatic carbocycles. The van der Waals surface area contributed by atoms with E-state index in [2.05, 4.69) is 28.9 Å². The van der Waals surface area contributed by atoms with Crippen LogP contribution in [-0.4, -0.2) is 28.5 Å². The summed E-state index contributed by atoms with van der Waals surface area (Å²) >= 11 is 0. The number of aromatic nitrogens is 1. The van der Waals surface area contributed by atoms with Crippen LogP contribution in [0.2, 0.25) is 0 Å². The van der Waals surface area contributed by atoms with E-state index in [1.54, 1.807) is 0 Å². The van der Waals surface area contributed by atoms with Gasteiger partial charge in [0.2, 0.25) is 0 Å². The SMILES string of the molecule is CCN(Cc1ccncc1)CC1(N)CCC1. The molecule has 3 nitrogen and oxygen atoms in total. The van der Waals surface area contributed by atoms with Gasteiger partial charge in [0.25, 0.3) is 0 Å². The highest BCUT2D eigenvalue weighted by atomic mass is 15.1. The molecular formula is C13H21N3. The van der Waals surface area contributed by atoms with Crippen molar-refractivity contribution in [2.75, 3.05) is 13.1 Å². The molecule has 2 rings (SSSR count). The third kappa shape index (κ3) is 2.80. The average molecular weight is 219 g/mol. The van der Waals surface area contributed by atoms with Gasteiger partial charge in [-0.05, 0) is 43.5 Å². The molecule has 0 bridgehead atoms. The second-order valence-electron chi connectivity index (χ2n) is 4.87. The molecule has 2 N–H and O–H groups in total. The van der Waals surface area contributed by atoms with Gasteiger partial charge in [0.15, 0.2) is 0 Å². The predicted molar refractivity (Wildman–Crippen MR) is 66.0 cm³/mol. The first-order valence-electron chi connectivity index (χ1n) is 6.12. The highest BCUT2D eigenvalue weighted by molar-refractivity contribution is 5.09. The van der Waals surface area contributed by atoms with E-state index in [4.69, 9.17) is 5.73 Å². The van der Waals surface area contributed by atoms with E-state index in [9.17, 15) is 0 Å². The Labute approximate surface area is 97.7 Å². The van der Waals surface area contributed by atoms with Gasteiger partial charge in [-0.1, -0.05) is 6.92 Å². The fraction of sp³-hybridized carbons (Fsp3) is 0.615. The zero-order chi connectivity index (χ0) is 11.4. The smallest absolute Gasteiger partial charge is 0.0283 e. The minimum absolute atomic E-state index is 0.0863. The lowest BCUT2D eigenvalue weighted by molar-refractivity contribution is 0.144. The maximum Gasteiger partial charge on any atom is 0.0283 e. The maximum atomic E-state index is 6.28. The number of nitrogens with zero attached hydrogens (tertiary/aromatic N) is 2. The van der Waals surface area contributed by atoms with Crippen LogP contribution in [0.3, 0.4) is 0 Å². The molecule has 0 radical (unpaired) electrons. The lowest BCUT2D eigenvalue weighted by Gasteiger charge is -2.41. The van der Waals surface area contributed by atoms with E-state index >= 15 is 0 Å². The van der Waals surface area contributed by atoms with Crippen molar-refractivity contribution in [3.05, 3.63) is 30.1 Å². The Kier molecular flexibility index (Phi) is 3.56. The highest BCUT2D eigenvalue weighted by Crippen LogP contribution is 2.30. The molecule has 16 heavy (non-hydrogen) atoms. The summed E-state index contributed by atoms with van der Waals surface area (Å²) in [7, 11) is 0. The van der Waals surface area contributed by atoms with Gasteiger partial charge in [-0.25, -0.2) is 0 Å². The summed E-state index contributed by atoms with van der Waals surface area (Å²) in [5.74, 6) is 0. The molecular weight excluding hydrogens is 198 g/mol. The Morgan fingerprint density at radius 3 is 2.56 bits per heavy atom. The van der Waals surface area contributed by atoms with Crippen LogP contribution in [0.5, 0.6) is 0 Å². The Balaban J connectivity index is 1.90. The van der Waals surface area contributed by atoms with E-state index in [0.717, 1.165) is 19.6 Å². The van der Waals surface area contributed by atoms with Crippen LogP contribution in [-0.2, 0) is 6.54 Å². The third-order valence-corrected chi connectivity index (χ3v) is 3.49. The Bertz CT molecular complexity index is 319. The first kappa shape index (κ1) is 11.6. The van der Waals surface area contributed by atoms with E-state index in [1.165, 1.54) is 24.8 Å². The number of rotatable bonds is 5. The normalized spacial score (nSPS) is 18.4. The average Bonchev–Trinajstić information content (AvgIpc) is 2.27. The minimum Gasteiger partial charge on any atom is -0.324 e. The van der Waals surface area contributed by atoms with Gasteiger partial charge in [-0.15, -0.1) is 0 Å². The zero-order valence-corrected chi connectivity index (χ0v) is 10.0. The molecule has 3 heteroatoms. The second kappa shape index (κ2) is 4.93. The molecule has 1 aromatic rings. The van der Waals surface area contributed by atoms with E-state index < -0.39 is 0 Å². The molecule has 1 aliphatic rings. The van der Waals surface area contributed by atoms with Crippen molar-refractivity contribution in [2.45, 2.75) is 38.3 Å². The first-order valence-corrected chi connectivity index (χ1v) is 6.12. The van der Waals surface area contributed by atoms with E-state index in [-0.39, 0.29) is 5.54 Å². The zero-order valence-electron chi connectivity index (χ0n) is 10.0. The van der Waals surface area contributed by atoms with Gasteiger partial charge in [0.05, 0.1) is 0 Å². The van der Waals surface area contributed by atoms with Gasteiger partial charge in [-0.3, -0.25) is 9.88 Å². The number of hydrogen-bond acceptors (Lipinski definition) is 3. The van der Waals surface area contributed by atoms with Crippen molar-refractivity contribution in [3.63, 3.8) is 0 Å². The lowest BCUT2D eigenvalue weighted by Crippen LogP contribution is -2.54. The number of pyridine rings is 1. The number of nitrogens with two attached hydrogens (primary N) is 1. The summed E-state index contributed by atoms with van der Waals surface area (Å²) in [5, 5.41) is 0. The Hall–Kier alpha value is -0.930. The van der Waals surface area contributed by atoms with Gasteiger partial charge >= 0.3 is 0 Å². The minimum atomic E-state index is 0.0863. The summed E-state index contributed by atoms with van der Waals surface area (Å²) in [6.45, 7) is 5.26. The lowest BCUT2D eigenvalue weighted by atomic mass is 9.77. The van der Waals surface area contributed by atoms with Crippen molar-refractivity contribution >= 4 is 0 Å². The maximum absolute atomic E-state index is 6.28. The van der Waals surface area contributed by atoms with Crippen LogP contribution in [0.25, 0.3) is 0 Å². The summed E-state index contributed by atoms with van der Waals surface area (Å²) in [6.07, 6.45) is 7.36. The topological polar surface area (TPSA) is 42.2 Å². The van der Waals surface area contributed by atoms with Gasteiger partial charge in [0.1, 0.15) is 0 Å². The predicted octanol–water partition coefficient (Wildman–Crippen LogP) is 1.78. The molecule has 0 atom stereocenters. The standard InChI is InChI=1S/C13H21N3/c1-2-16(11-13(14)6-3-7-13)10-12-4-8-15-9-5-12/h4-5,8-9H,2-3,6-7,10-11,14H2,1H3. The van der Waals surface area contributed by atoms with E-state index in [1.807, 2.05) is 12.4 Å². The molecule has 1 saturated carbocycles. The third-order valence-electron chi connectivity index (χ3n) is 3.49. The summed E-state index contributed by atoms with van der Waals surface area (Å²) in [6, 6.07) is 4.15. The van der Waals surface area contributed by atoms with Crippen molar-refractivity contribution in [3.8, 4) is 0 Å². The molecule has 0 amide bonds. The summed E-state index contributed by atoms with van der Waals surface area (Å²) in [4.78, 5) is 6.46. The van der Waals surface area contributed by atoms with Crippen molar-refractivity contribution in [1.29, 1.82) is 0 Å². The van der Waals surface area contributed by atoms with Crippen LogP contribution in [0.1, 0.15) is 31.7 Å². The fourth-order valence-electron chi connectivity index (χ4n) is 2.26. The fourth-order valence-corrected chi connectivity index (χ4v) is 2.26. The number of hydrogen-bond donors (Lipinski definition) is 1. The number of likely N-dealkylation sites (N-methyl/N-ethyl adjacent to an activating group) is 1. The molecule has 1 aliphatic carbocycles.